The van der Waals surface area contributed by atoms with Crippen molar-refractivity contribution in [1.82, 2.24) is 5.32 Å². The van der Waals surface area contributed by atoms with E-state index in [1.807, 2.05) is 26.2 Å². The molecule has 0 aromatic heterocycles. The first kappa shape index (κ1) is 14.2. The van der Waals surface area contributed by atoms with E-state index in [4.69, 9.17) is 5.73 Å². The lowest BCUT2D eigenvalue weighted by atomic mass is 9.96. The Morgan fingerprint density at radius 1 is 1.47 bits per heavy atom. The zero-order valence-corrected chi connectivity index (χ0v) is 12.5. The van der Waals surface area contributed by atoms with Crippen molar-refractivity contribution >= 4 is 23.4 Å². The normalized spacial score (nSPS) is 18.3. The molecule has 1 aromatic carbocycles. The number of benzene rings is 1. The molecule has 0 aliphatic carbocycles. The maximum Gasteiger partial charge on any atom is 0.245 e. The zero-order valence-electron chi connectivity index (χ0n) is 11.7. The molecule has 1 amide bonds. The van der Waals surface area contributed by atoms with Gasteiger partial charge in [-0.1, -0.05) is 6.07 Å². The minimum absolute atomic E-state index is 0.0660. The molecule has 0 saturated carbocycles. The average Bonchev–Trinajstić information content (AvgIpc) is 2.40. The molecule has 1 fully saturated rings. The third-order valence-corrected chi connectivity index (χ3v) is 4.50. The number of anilines is 1. The third kappa shape index (κ3) is 2.44. The van der Waals surface area contributed by atoms with Crippen molar-refractivity contribution < 1.29 is 4.79 Å². The topological polar surface area (TPSA) is 58.4 Å². The Hall–Kier alpha value is -1.20. The highest BCUT2D eigenvalue weighted by Crippen LogP contribution is 2.33. The van der Waals surface area contributed by atoms with Gasteiger partial charge >= 0.3 is 0 Å². The summed E-state index contributed by atoms with van der Waals surface area (Å²) < 4.78 is 0. The molecule has 2 rings (SSSR count). The lowest BCUT2D eigenvalue weighted by molar-refractivity contribution is -0.126. The molecule has 1 aliphatic rings. The summed E-state index contributed by atoms with van der Waals surface area (Å²) in [6.45, 7) is 5.88. The largest absolute Gasteiger partial charge is 0.355 e. The number of hydrogen-bond donors (Lipinski definition) is 2. The summed E-state index contributed by atoms with van der Waals surface area (Å²) in [7, 11) is 0. The molecular weight excluding hydrogens is 258 g/mol. The molecule has 0 radical (unpaired) electrons. The Morgan fingerprint density at radius 2 is 2.21 bits per heavy atom. The van der Waals surface area contributed by atoms with E-state index >= 15 is 0 Å². The van der Waals surface area contributed by atoms with Gasteiger partial charge in [0.1, 0.15) is 5.54 Å². The summed E-state index contributed by atoms with van der Waals surface area (Å²) in [5, 5.41) is 2.92. The third-order valence-electron chi connectivity index (χ3n) is 3.67. The minimum atomic E-state index is -0.542. The molecule has 0 atom stereocenters. The van der Waals surface area contributed by atoms with Gasteiger partial charge in [0.15, 0.2) is 0 Å². The number of rotatable bonds is 3. The first-order valence-electron chi connectivity index (χ1n) is 6.44. The van der Waals surface area contributed by atoms with Crippen LogP contribution in [0, 0.1) is 0 Å². The Balaban J connectivity index is 2.49. The summed E-state index contributed by atoms with van der Waals surface area (Å²) in [5.41, 5.74) is 7.57. The molecule has 0 bridgehead atoms. The number of nitrogens with two attached hydrogens (primary N) is 1. The van der Waals surface area contributed by atoms with E-state index in [1.54, 1.807) is 11.8 Å². The maximum absolute atomic E-state index is 12.1. The van der Waals surface area contributed by atoms with E-state index in [-0.39, 0.29) is 5.91 Å². The molecule has 1 aromatic rings. The fraction of sp³-hybridized carbons (Fsp3) is 0.500. The van der Waals surface area contributed by atoms with E-state index < -0.39 is 5.54 Å². The summed E-state index contributed by atoms with van der Waals surface area (Å²) in [5.74, 6) is 0.0660. The van der Waals surface area contributed by atoms with Crippen molar-refractivity contribution in [2.75, 3.05) is 24.2 Å². The van der Waals surface area contributed by atoms with Gasteiger partial charge in [0, 0.05) is 35.8 Å². The van der Waals surface area contributed by atoms with Crippen LogP contribution in [-0.4, -0.2) is 30.8 Å². The molecule has 19 heavy (non-hydrogen) atoms. The van der Waals surface area contributed by atoms with E-state index in [9.17, 15) is 4.79 Å². The predicted molar refractivity (Wildman–Crippen MR) is 80.5 cm³/mol. The summed E-state index contributed by atoms with van der Waals surface area (Å²) >= 11 is 1.69. The van der Waals surface area contributed by atoms with E-state index in [1.165, 1.54) is 4.90 Å². The molecule has 4 nitrogen and oxygen atoms in total. The van der Waals surface area contributed by atoms with Crippen LogP contribution in [0.5, 0.6) is 0 Å². The van der Waals surface area contributed by atoms with E-state index in [0.717, 1.165) is 17.8 Å². The van der Waals surface area contributed by atoms with Crippen molar-refractivity contribution in [3.05, 3.63) is 23.8 Å². The lowest BCUT2D eigenvalue weighted by Gasteiger charge is -2.43. The molecule has 0 spiro atoms. The van der Waals surface area contributed by atoms with E-state index in [2.05, 4.69) is 22.3 Å². The highest BCUT2D eigenvalue weighted by molar-refractivity contribution is 7.98. The number of nitrogens with one attached hydrogen (secondary N) is 1. The summed E-state index contributed by atoms with van der Waals surface area (Å²) in [6.07, 6.45) is 2.05. The van der Waals surface area contributed by atoms with Gasteiger partial charge in [-0.25, -0.2) is 0 Å². The average molecular weight is 279 g/mol. The second-order valence-electron chi connectivity index (χ2n) is 5.13. The number of carbonyl (C=O) groups is 1. The molecule has 0 unspecified atom stereocenters. The molecule has 104 valence electrons. The Morgan fingerprint density at radius 3 is 2.84 bits per heavy atom. The minimum Gasteiger partial charge on any atom is -0.355 e. The second kappa shape index (κ2) is 5.43. The van der Waals surface area contributed by atoms with Crippen LogP contribution in [0.1, 0.15) is 19.4 Å². The molecular formula is C14H21N3OS. The smallest absolute Gasteiger partial charge is 0.245 e. The highest BCUT2D eigenvalue weighted by Gasteiger charge is 2.38. The van der Waals surface area contributed by atoms with Crippen LogP contribution in [0.4, 0.5) is 5.69 Å². The van der Waals surface area contributed by atoms with Crippen molar-refractivity contribution in [2.45, 2.75) is 30.8 Å². The first-order chi connectivity index (χ1) is 9.02. The Kier molecular flexibility index (Phi) is 4.06. The second-order valence-corrected chi connectivity index (χ2v) is 5.98. The number of nitrogens with zero attached hydrogens (tertiary/aromatic N) is 1. The van der Waals surface area contributed by atoms with Crippen LogP contribution >= 0.6 is 11.8 Å². The zero-order chi connectivity index (χ0) is 14.0. The Bertz CT molecular complexity index is 488. The molecule has 1 aliphatic heterocycles. The van der Waals surface area contributed by atoms with E-state index in [0.29, 0.717) is 13.1 Å². The molecule has 1 heterocycles. The number of hydrogen-bond acceptors (Lipinski definition) is 4. The van der Waals surface area contributed by atoms with Crippen LogP contribution in [0.15, 0.2) is 23.1 Å². The molecule has 1 saturated heterocycles. The van der Waals surface area contributed by atoms with Gasteiger partial charge in [0.2, 0.25) is 5.91 Å². The number of piperazine rings is 1. The van der Waals surface area contributed by atoms with Crippen molar-refractivity contribution in [1.29, 1.82) is 0 Å². The van der Waals surface area contributed by atoms with Crippen LogP contribution in [0.25, 0.3) is 0 Å². The standard InChI is InChI=1S/C14H21N3OS/c1-14(2)13(18)16-7-8-17(14)11-5-4-6-12(19-3)10(11)9-15/h4-6H,7-9,15H2,1-3H3,(H,16,18). The summed E-state index contributed by atoms with van der Waals surface area (Å²) in [6, 6.07) is 6.17. The van der Waals surface area contributed by atoms with Gasteiger partial charge in [-0.2, -0.15) is 0 Å². The van der Waals surface area contributed by atoms with Crippen molar-refractivity contribution in [3.8, 4) is 0 Å². The lowest BCUT2D eigenvalue weighted by Crippen LogP contribution is -2.62. The number of carbonyl (C=O) groups excluding carboxylic acids is 1. The Labute approximate surface area is 118 Å². The molecule has 3 N–H and O–H groups in total. The van der Waals surface area contributed by atoms with Crippen LogP contribution in [0.3, 0.4) is 0 Å². The fourth-order valence-corrected chi connectivity index (χ4v) is 3.17. The maximum atomic E-state index is 12.1. The molecule has 5 heteroatoms. The van der Waals surface area contributed by atoms with Crippen molar-refractivity contribution in [3.63, 3.8) is 0 Å². The van der Waals surface area contributed by atoms with Gasteiger partial charge in [-0.3, -0.25) is 4.79 Å². The van der Waals surface area contributed by atoms with Crippen LogP contribution in [-0.2, 0) is 11.3 Å². The monoisotopic (exact) mass is 279 g/mol. The van der Waals surface area contributed by atoms with Gasteiger partial charge < -0.3 is 16.0 Å². The fourth-order valence-electron chi connectivity index (χ4n) is 2.52. The van der Waals surface area contributed by atoms with Crippen LogP contribution < -0.4 is 16.0 Å². The van der Waals surface area contributed by atoms with Crippen molar-refractivity contribution in [2.24, 2.45) is 5.73 Å². The highest BCUT2D eigenvalue weighted by atomic mass is 32.2. The van der Waals surface area contributed by atoms with Gasteiger partial charge in [-0.15, -0.1) is 11.8 Å². The summed E-state index contributed by atoms with van der Waals surface area (Å²) in [4.78, 5) is 15.4. The van der Waals surface area contributed by atoms with Gasteiger partial charge in [0.05, 0.1) is 0 Å². The van der Waals surface area contributed by atoms with Gasteiger partial charge in [-0.05, 0) is 32.2 Å². The predicted octanol–water partition coefficient (Wildman–Crippen LogP) is 1.58. The van der Waals surface area contributed by atoms with Gasteiger partial charge in [0.25, 0.3) is 0 Å². The SMILES string of the molecule is CSc1cccc(N2CCNC(=O)C2(C)C)c1CN. The number of thioether (sulfide) groups is 1. The van der Waals surface area contributed by atoms with Crippen LogP contribution in [0.2, 0.25) is 0 Å². The number of amides is 1. The quantitative estimate of drug-likeness (QED) is 0.825. The first-order valence-corrected chi connectivity index (χ1v) is 7.66.